The van der Waals surface area contributed by atoms with Crippen LogP contribution in [0.3, 0.4) is 0 Å². The van der Waals surface area contributed by atoms with E-state index in [-0.39, 0.29) is 27.9 Å². The summed E-state index contributed by atoms with van der Waals surface area (Å²) in [5.41, 5.74) is 9.00. The molecule has 0 atom stereocenters. The molecule has 0 bridgehead atoms. The smallest absolute Gasteiger partial charge is 0.269 e. The largest absolute Gasteiger partial charge is 0.494 e. The molecule has 5 aromatic rings. The van der Waals surface area contributed by atoms with Crippen molar-refractivity contribution >= 4 is 71.7 Å². The first-order valence-electron chi connectivity index (χ1n) is 15.5. The number of piperazine rings is 1. The molecule has 2 aromatic heterocycles. The van der Waals surface area contributed by atoms with Gasteiger partial charge in [0.25, 0.3) is 15.9 Å². The lowest BCUT2D eigenvalue weighted by molar-refractivity contribution is 0.100. The quantitative estimate of drug-likeness (QED) is 0.159. The Labute approximate surface area is 288 Å². The molecule has 1 fully saturated rings. The van der Waals surface area contributed by atoms with Gasteiger partial charge in [0.1, 0.15) is 11.6 Å². The number of carbonyl (C=O) groups excluding carboxylic acids is 1. The van der Waals surface area contributed by atoms with Crippen LogP contribution in [-0.2, 0) is 10.0 Å². The van der Waals surface area contributed by atoms with Crippen molar-refractivity contribution in [1.82, 2.24) is 18.8 Å². The summed E-state index contributed by atoms with van der Waals surface area (Å²) in [4.78, 5) is 26.6. The lowest BCUT2D eigenvalue weighted by Gasteiger charge is -2.38. The first kappa shape index (κ1) is 33.2. The number of benzene rings is 3. The van der Waals surface area contributed by atoms with Gasteiger partial charge in [0, 0.05) is 54.6 Å². The second-order valence-corrected chi connectivity index (χ2v) is 14.6. The Morgan fingerprint density at radius 1 is 0.938 bits per heavy atom. The fourth-order valence-corrected chi connectivity index (χ4v) is 7.37. The number of carbonyl (C=O) groups is 1. The van der Waals surface area contributed by atoms with Crippen LogP contribution in [0, 0.1) is 6.92 Å². The predicted octanol–water partition coefficient (Wildman–Crippen LogP) is 5.86. The zero-order chi connectivity index (χ0) is 34.2. The number of nitrogens with one attached hydrogen (secondary N) is 2. The predicted molar refractivity (Wildman–Crippen MR) is 192 cm³/mol. The number of fused-ring (bicyclic) bond motifs is 1. The Hall–Kier alpha value is -4.66. The summed E-state index contributed by atoms with van der Waals surface area (Å²) in [6.45, 7) is 10.1. The van der Waals surface area contributed by atoms with Crippen LogP contribution in [0.15, 0.2) is 82.3 Å². The summed E-state index contributed by atoms with van der Waals surface area (Å²) in [5, 5.41) is 6.84. The molecular formula is C34H37BrN8O4S. The van der Waals surface area contributed by atoms with Crippen LogP contribution in [0.25, 0.3) is 11.0 Å². The highest BCUT2D eigenvalue weighted by molar-refractivity contribution is 9.10. The highest BCUT2D eigenvalue weighted by Gasteiger charge is 2.24. The Bertz CT molecular complexity index is 2090. The van der Waals surface area contributed by atoms with Gasteiger partial charge in [0.15, 0.2) is 5.65 Å². The van der Waals surface area contributed by atoms with E-state index in [1.807, 2.05) is 25.1 Å². The monoisotopic (exact) mass is 732 g/mol. The number of aromatic nitrogens is 3. The Balaban J connectivity index is 1.41. The number of methoxy groups -OCH3 is 1. The van der Waals surface area contributed by atoms with Crippen LogP contribution in [0.1, 0.15) is 29.8 Å². The molecule has 250 valence electrons. The van der Waals surface area contributed by atoms with Gasteiger partial charge in [0.2, 0.25) is 5.95 Å². The molecule has 0 unspecified atom stereocenters. The van der Waals surface area contributed by atoms with E-state index >= 15 is 0 Å². The number of amides is 1. The average Bonchev–Trinajstić information content (AvgIpc) is 3.51. The van der Waals surface area contributed by atoms with E-state index in [1.165, 1.54) is 6.20 Å². The van der Waals surface area contributed by atoms with Crippen molar-refractivity contribution in [3.8, 4) is 5.75 Å². The fraction of sp³-hybridized carbons (Fsp3) is 0.265. The van der Waals surface area contributed by atoms with Crippen molar-refractivity contribution in [3.63, 3.8) is 0 Å². The zero-order valence-corrected chi connectivity index (χ0v) is 29.5. The first-order chi connectivity index (χ1) is 22.9. The first-order valence-corrected chi connectivity index (χ1v) is 17.7. The lowest BCUT2D eigenvalue weighted by atomic mass is 10.1. The molecule has 1 aliphatic heterocycles. The van der Waals surface area contributed by atoms with E-state index in [1.54, 1.807) is 55.6 Å². The highest BCUT2D eigenvalue weighted by Crippen LogP contribution is 2.35. The molecule has 0 saturated carbocycles. The molecule has 3 heterocycles. The van der Waals surface area contributed by atoms with Crippen molar-refractivity contribution in [1.29, 1.82) is 0 Å². The van der Waals surface area contributed by atoms with Gasteiger partial charge in [-0.25, -0.2) is 12.4 Å². The molecule has 0 radical (unpaired) electrons. The third-order valence-corrected chi connectivity index (χ3v) is 10.6. The number of nitrogens with two attached hydrogens (primary N) is 1. The molecule has 48 heavy (non-hydrogen) atoms. The van der Waals surface area contributed by atoms with Gasteiger partial charge in [-0.15, -0.1) is 0 Å². The number of hydrogen-bond donors (Lipinski definition) is 3. The lowest BCUT2D eigenvalue weighted by Crippen LogP contribution is -2.48. The highest BCUT2D eigenvalue weighted by atomic mass is 79.9. The van der Waals surface area contributed by atoms with Crippen molar-refractivity contribution in [3.05, 3.63) is 88.5 Å². The van der Waals surface area contributed by atoms with Crippen LogP contribution >= 0.6 is 15.9 Å². The van der Waals surface area contributed by atoms with Gasteiger partial charge in [0.05, 0.1) is 34.3 Å². The molecular weight excluding hydrogens is 696 g/mol. The minimum absolute atomic E-state index is 0.110. The van der Waals surface area contributed by atoms with E-state index in [0.717, 1.165) is 41.4 Å². The molecule has 12 nitrogen and oxygen atoms in total. The Morgan fingerprint density at radius 2 is 1.65 bits per heavy atom. The number of rotatable bonds is 10. The fourth-order valence-electron chi connectivity index (χ4n) is 5.71. The minimum Gasteiger partial charge on any atom is -0.494 e. The van der Waals surface area contributed by atoms with Gasteiger partial charge < -0.3 is 26.0 Å². The van der Waals surface area contributed by atoms with Gasteiger partial charge >= 0.3 is 0 Å². The molecule has 1 saturated heterocycles. The summed E-state index contributed by atoms with van der Waals surface area (Å²) >= 11 is 3.38. The number of anilines is 5. The zero-order valence-electron chi connectivity index (χ0n) is 27.1. The molecule has 0 aliphatic carbocycles. The van der Waals surface area contributed by atoms with Gasteiger partial charge in [-0.1, -0.05) is 33.6 Å². The Kier molecular flexibility index (Phi) is 9.32. The van der Waals surface area contributed by atoms with E-state index in [0.29, 0.717) is 33.0 Å². The average molecular weight is 734 g/mol. The third kappa shape index (κ3) is 6.68. The van der Waals surface area contributed by atoms with Crippen molar-refractivity contribution in [2.75, 3.05) is 48.8 Å². The van der Waals surface area contributed by atoms with Crippen molar-refractivity contribution in [2.24, 2.45) is 5.73 Å². The summed E-state index contributed by atoms with van der Waals surface area (Å²) in [5.74, 6) is 0.308. The topological polar surface area (TPSA) is 148 Å². The maximum absolute atomic E-state index is 13.9. The van der Waals surface area contributed by atoms with Crippen molar-refractivity contribution < 1.29 is 17.9 Å². The van der Waals surface area contributed by atoms with Crippen LogP contribution in [0.2, 0.25) is 0 Å². The number of primary amides is 1. The Morgan fingerprint density at radius 3 is 2.31 bits per heavy atom. The van der Waals surface area contributed by atoms with Crippen LogP contribution in [-0.4, -0.2) is 72.5 Å². The van der Waals surface area contributed by atoms with Crippen LogP contribution < -0.4 is 26.0 Å². The van der Waals surface area contributed by atoms with E-state index in [2.05, 4.69) is 55.2 Å². The van der Waals surface area contributed by atoms with Crippen LogP contribution in [0.4, 0.5) is 28.8 Å². The van der Waals surface area contributed by atoms with E-state index < -0.39 is 15.9 Å². The summed E-state index contributed by atoms with van der Waals surface area (Å²) in [6, 6.07) is 19.7. The molecule has 3 aromatic carbocycles. The maximum Gasteiger partial charge on any atom is 0.269 e. The number of ether oxygens (including phenoxy) is 1. The standard InChI is InChI=1S/C34H37BrN8O4S/c1-21(2)41-15-17-42(18-16-41)24-8-12-29(30(20-24)47-4)38-34-39-32(37-28-11-7-23(35)19-27(28)31(36)44)26-13-14-43(33(26)40-34)48(45,46)25-9-5-22(3)6-10-25/h5-14,19-21H,15-18H2,1-4H3,(H2,36,44)(H2,37,38,39,40). The molecule has 4 N–H and O–H groups in total. The van der Waals surface area contributed by atoms with E-state index in [4.69, 9.17) is 15.5 Å². The third-order valence-electron chi connectivity index (χ3n) is 8.43. The van der Waals surface area contributed by atoms with Crippen LogP contribution in [0.5, 0.6) is 5.75 Å². The number of halogens is 1. The maximum atomic E-state index is 13.9. The second kappa shape index (κ2) is 13.5. The second-order valence-electron chi connectivity index (χ2n) is 11.9. The normalized spacial score (nSPS) is 14.0. The number of hydrogen-bond acceptors (Lipinski definition) is 10. The molecule has 1 amide bonds. The molecule has 0 spiro atoms. The molecule has 14 heteroatoms. The van der Waals surface area contributed by atoms with Crippen molar-refractivity contribution in [2.45, 2.75) is 31.7 Å². The summed E-state index contributed by atoms with van der Waals surface area (Å²) in [6.07, 6.45) is 1.44. The number of aryl methyl sites for hydroxylation is 1. The minimum atomic E-state index is -4.03. The SMILES string of the molecule is COc1cc(N2CCN(C(C)C)CC2)ccc1Nc1nc(Nc2ccc(Br)cc2C(N)=O)c2ccn(S(=O)(=O)c3ccc(C)cc3)c2n1. The summed E-state index contributed by atoms with van der Waals surface area (Å²) in [7, 11) is -2.44. The van der Waals surface area contributed by atoms with Gasteiger partial charge in [-0.2, -0.15) is 9.97 Å². The number of nitrogens with zero attached hydrogens (tertiary/aromatic N) is 5. The van der Waals surface area contributed by atoms with E-state index in [9.17, 15) is 13.2 Å². The molecule has 1 aliphatic rings. The van der Waals surface area contributed by atoms with Gasteiger partial charge in [-0.3, -0.25) is 9.69 Å². The summed E-state index contributed by atoms with van der Waals surface area (Å²) < 4.78 is 35.3. The molecule has 6 rings (SSSR count). The van der Waals surface area contributed by atoms with Gasteiger partial charge in [-0.05, 0) is 69.3 Å².